The molecule has 0 atom stereocenters. The summed E-state index contributed by atoms with van der Waals surface area (Å²) in [4.78, 5) is 12.0. The highest BCUT2D eigenvalue weighted by Crippen LogP contribution is 2.50. The zero-order valence-corrected chi connectivity index (χ0v) is 9.63. The van der Waals surface area contributed by atoms with E-state index < -0.39 is 5.41 Å². The summed E-state index contributed by atoms with van der Waals surface area (Å²) >= 11 is 6.10. The predicted octanol–water partition coefficient (Wildman–Crippen LogP) is 1.48. The average Bonchev–Trinajstić information content (AvgIpc) is 3.08. The first kappa shape index (κ1) is 11.4. The van der Waals surface area contributed by atoms with Gasteiger partial charge in [-0.3, -0.25) is 4.79 Å². The van der Waals surface area contributed by atoms with Gasteiger partial charge < -0.3 is 10.4 Å². The number of halogens is 1. The summed E-state index contributed by atoms with van der Waals surface area (Å²) in [5.74, 6) is -0.0327. The minimum absolute atomic E-state index is 0.0327. The molecule has 2 N–H and O–H groups in total. The summed E-state index contributed by atoms with van der Waals surface area (Å²) in [6, 6.07) is 7.44. The van der Waals surface area contributed by atoms with E-state index in [4.69, 9.17) is 16.7 Å². The number of hydrogen-bond acceptors (Lipinski definition) is 2. The van der Waals surface area contributed by atoms with E-state index in [1.165, 1.54) is 0 Å². The van der Waals surface area contributed by atoms with E-state index in [0.717, 1.165) is 18.4 Å². The smallest absolute Gasteiger partial charge is 0.230 e. The molecule has 3 nitrogen and oxygen atoms in total. The van der Waals surface area contributed by atoms with Gasteiger partial charge in [-0.05, 0) is 24.5 Å². The molecule has 0 saturated heterocycles. The molecule has 1 amide bonds. The highest BCUT2D eigenvalue weighted by molar-refractivity contribution is 6.31. The molecule has 1 aromatic rings. The fraction of sp³-hybridized carbons (Fsp3) is 0.417. The molecule has 0 bridgehead atoms. The summed E-state index contributed by atoms with van der Waals surface area (Å²) in [6.45, 7) is 0.259. The Balaban J connectivity index is 2.20. The molecule has 0 spiro atoms. The van der Waals surface area contributed by atoms with Gasteiger partial charge in [0.05, 0.1) is 12.0 Å². The van der Waals surface area contributed by atoms with Crippen LogP contribution in [0.5, 0.6) is 0 Å². The number of carbonyl (C=O) groups is 1. The van der Waals surface area contributed by atoms with Crippen LogP contribution < -0.4 is 5.32 Å². The maximum absolute atomic E-state index is 12.0. The number of hydrogen-bond donors (Lipinski definition) is 2. The Morgan fingerprint density at radius 2 is 2.12 bits per heavy atom. The zero-order chi connectivity index (χ0) is 11.6. The molecule has 1 aliphatic rings. The fourth-order valence-electron chi connectivity index (χ4n) is 1.93. The highest BCUT2D eigenvalue weighted by Gasteiger charge is 2.51. The van der Waals surface area contributed by atoms with Crippen LogP contribution in [0.1, 0.15) is 18.4 Å². The molecule has 86 valence electrons. The molecule has 1 fully saturated rings. The monoisotopic (exact) mass is 239 g/mol. The van der Waals surface area contributed by atoms with Crippen LogP contribution in [0.15, 0.2) is 24.3 Å². The minimum Gasteiger partial charge on any atom is -0.395 e. The van der Waals surface area contributed by atoms with Crippen LogP contribution >= 0.6 is 11.6 Å². The van der Waals surface area contributed by atoms with Crippen molar-refractivity contribution in [2.45, 2.75) is 18.3 Å². The average molecular weight is 240 g/mol. The number of amides is 1. The van der Waals surface area contributed by atoms with Crippen LogP contribution in [-0.2, 0) is 10.2 Å². The van der Waals surface area contributed by atoms with Crippen LogP contribution in [0.2, 0.25) is 5.02 Å². The number of carbonyl (C=O) groups excluding carboxylic acids is 1. The van der Waals surface area contributed by atoms with Gasteiger partial charge in [-0.1, -0.05) is 29.8 Å². The molecule has 0 heterocycles. The van der Waals surface area contributed by atoms with Crippen molar-refractivity contribution < 1.29 is 9.90 Å². The maximum Gasteiger partial charge on any atom is 0.230 e. The third-order valence-corrected chi connectivity index (χ3v) is 3.30. The number of rotatable bonds is 4. The van der Waals surface area contributed by atoms with E-state index in [-0.39, 0.29) is 12.5 Å². The van der Waals surface area contributed by atoms with E-state index in [0.29, 0.717) is 11.6 Å². The third-order valence-electron chi connectivity index (χ3n) is 2.97. The van der Waals surface area contributed by atoms with Gasteiger partial charge >= 0.3 is 0 Å². The summed E-state index contributed by atoms with van der Waals surface area (Å²) in [5.41, 5.74) is 0.445. The number of nitrogens with one attached hydrogen (secondary N) is 1. The molecule has 0 radical (unpaired) electrons. The zero-order valence-electron chi connectivity index (χ0n) is 8.87. The van der Waals surface area contributed by atoms with Crippen molar-refractivity contribution in [3.63, 3.8) is 0 Å². The van der Waals surface area contributed by atoms with Crippen molar-refractivity contribution in [3.05, 3.63) is 34.9 Å². The van der Waals surface area contributed by atoms with Gasteiger partial charge in [-0.25, -0.2) is 0 Å². The van der Waals surface area contributed by atoms with Crippen molar-refractivity contribution in [2.24, 2.45) is 0 Å². The molecule has 4 heteroatoms. The second-order valence-electron chi connectivity index (χ2n) is 4.04. The van der Waals surface area contributed by atoms with Gasteiger partial charge in [0, 0.05) is 11.6 Å². The van der Waals surface area contributed by atoms with Crippen LogP contribution in [0.25, 0.3) is 0 Å². The molecule has 0 aromatic heterocycles. The molecular formula is C12H14ClNO2. The molecule has 16 heavy (non-hydrogen) atoms. The summed E-state index contributed by atoms with van der Waals surface area (Å²) in [7, 11) is 0. The molecule has 0 aliphatic heterocycles. The summed E-state index contributed by atoms with van der Waals surface area (Å²) in [6.07, 6.45) is 1.65. The number of aliphatic hydroxyl groups excluding tert-OH is 1. The normalized spacial score (nSPS) is 16.9. The van der Waals surface area contributed by atoms with Gasteiger partial charge in [0.2, 0.25) is 5.91 Å². The topological polar surface area (TPSA) is 49.3 Å². The van der Waals surface area contributed by atoms with E-state index in [9.17, 15) is 4.79 Å². The van der Waals surface area contributed by atoms with E-state index in [1.807, 2.05) is 18.2 Å². The first-order valence-corrected chi connectivity index (χ1v) is 5.73. The van der Waals surface area contributed by atoms with Gasteiger partial charge in [0.25, 0.3) is 0 Å². The van der Waals surface area contributed by atoms with Crippen molar-refractivity contribution in [1.29, 1.82) is 0 Å². The lowest BCUT2D eigenvalue weighted by atomic mass is 9.95. The molecule has 1 aromatic carbocycles. The summed E-state index contributed by atoms with van der Waals surface area (Å²) < 4.78 is 0. The molecule has 2 rings (SSSR count). The first-order valence-electron chi connectivity index (χ1n) is 5.35. The SMILES string of the molecule is O=C(NCCO)C1(c2ccccc2Cl)CC1. The van der Waals surface area contributed by atoms with Gasteiger partial charge in [-0.15, -0.1) is 0 Å². The van der Waals surface area contributed by atoms with Crippen LogP contribution in [0, 0.1) is 0 Å². The number of aliphatic hydroxyl groups is 1. The molecule has 0 unspecified atom stereocenters. The fourth-order valence-corrected chi connectivity index (χ4v) is 2.25. The Morgan fingerprint density at radius 1 is 1.44 bits per heavy atom. The lowest BCUT2D eigenvalue weighted by Crippen LogP contribution is -2.36. The second-order valence-corrected chi connectivity index (χ2v) is 4.45. The van der Waals surface area contributed by atoms with Gasteiger partial charge in [0.1, 0.15) is 0 Å². The van der Waals surface area contributed by atoms with E-state index >= 15 is 0 Å². The lowest BCUT2D eigenvalue weighted by Gasteiger charge is -2.16. The second kappa shape index (κ2) is 4.44. The predicted molar refractivity (Wildman–Crippen MR) is 62.5 cm³/mol. The van der Waals surface area contributed by atoms with Crippen molar-refractivity contribution in [3.8, 4) is 0 Å². The quantitative estimate of drug-likeness (QED) is 0.836. The van der Waals surface area contributed by atoms with Crippen molar-refractivity contribution in [1.82, 2.24) is 5.32 Å². The molecular weight excluding hydrogens is 226 g/mol. The Hall–Kier alpha value is -1.06. The standard InChI is InChI=1S/C12H14ClNO2/c13-10-4-2-1-3-9(10)12(5-6-12)11(16)14-7-8-15/h1-4,15H,5-8H2,(H,14,16). The lowest BCUT2D eigenvalue weighted by molar-refractivity contribution is -0.123. The Bertz CT molecular complexity index is 402. The van der Waals surface area contributed by atoms with Gasteiger partial charge in [-0.2, -0.15) is 0 Å². The van der Waals surface area contributed by atoms with Crippen LogP contribution in [0.3, 0.4) is 0 Å². The van der Waals surface area contributed by atoms with Crippen LogP contribution in [-0.4, -0.2) is 24.2 Å². The highest BCUT2D eigenvalue weighted by atomic mass is 35.5. The van der Waals surface area contributed by atoms with Crippen molar-refractivity contribution in [2.75, 3.05) is 13.2 Å². The maximum atomic E-state index is 12.0. The van der Waals surface area contributed by atoms with E-state index in [1.54, 1.807) is 6.07 Å². The minimum atomic E-state index is -0.451. The van der Waals surface area contributed by atoms with Gasteiger partial charge in [0.15, 0.2) is 0 Å². The molecule has 1 saturated carbocycles. The molecule has 1 aliphatic carbocycles. The third kappa shape index (κ3) is 1.93. The number of benzene rings is 1. The Morgan fingerprint density at radius 3 is 2.69 bits per heavy atom. The Kier molecular flexibility index (Phi) is 3.17. The largest absolute Gasteiger partial charge is 0.395 e. The van der Waals surface area contributed by atoms with Crippen LogP contribution in [0.4, 0.5) is 0 Å². The first-order chi connectivity index (χ1) is 7.70. The van der Waals surface area contributed by atoms with E-state index in [2.05, 4.69) is 5.32 Å². The van der Waals surface area contributed by atoms with Crippen molar-refractivity contribution >= 4 is 17.5 Å². The summed E-state index contributed by atoms with van der Waals surface area (Å²) in [5, 5.41) is 12.0. The Labute approximate surface area is 99.4 Å².